The summed E-state index contributed by atoms with van der Waals surface area (Å²) in [6, 6.07) is 5.93. The van der Waals surface area contributed by atoms with Crippen LogP contribution in [0.4, 0.5) is 0 Å². The maximum absolute atomic E-state index is 11.0. The summed E-state index contributed by atoms with van der Waals surface area (Å²) in [5.74, 6) is -0.177. The average Bonchev–Trinajstić information content (AvgIpc) is 2.47. The van der Waals surface area contributed by atoms with E-state index in [0.717, 1.165) is 22.6 Å². The van der Waals surface area contributed by atoms with E-state index >= 15 is 0 Å². The fourth-order valence-corrected chi connectivity index (χ4v) is 2.45. The highest BCUT2D eigenvalue weighted by Gasteiger charge is 2.20. The SMILES string of the molecule is C=C(CC1=C(NOC)Cc2ccc(OC)cc2C1)C(=O)O. The van der Waals surface area contributed by atoms with E-state index in [1.807, 2.05) is 18.2 Å². The molecule has 1 aromatic carbocycles. The van der Waals surface area contributed by atoms with E-state index < -0.39 is 5.97 Å². The fraction of sp³-hybridized carbons (Fsp3) is 0.312. The molecule has 0 fully saturated rings. The minimum atomic E-state index is -0.976. The summed E-state index contributed by atoms with van der Waals surface area (Å²) in [6.07, 6.45) is 1.65. The Morgan fingerprint density at radius 2 is 2.10 bits per heavy atom. The van der Waals surface area contributed by atoms with Gasteiger partial charge in [-0.3, -0.25) is 10.3 Å². The van der Waals surface area contributed by atoms with Gasteiger partial charge in [0.15, 0.2) is 0 Å². The van der Waals surface area contributed by atoms with Crippen molar-refractivity contribution in [3.05, 3.63) is 52.7 Å². The number of hydrogen-bond acceptors (Lipinski definition) is 4. The second-order valence-corrected chi connectivity index (χ2v) is 4.96. The number of hydrogen-bond donors (Lipinski definition) is 2. The van der Waals surface area contributed by atoms with Gasteiger partial charge in [0.25, 0.3) is 0 Å². The quantitative estimate of drug-likeness (QED) is 0.621. The van der Waals surface area contributed by atoms with E-state index in [2.05, 4.69) is 12.1 Å². The molecule has 0 aliphatic heterocycles. The summed E-state index contributed by atoms with van der Waals surface area (Å²) in [6.45, 7) is 3.61. The molecule has 21 heavy (non-hydrogen) atoms. The molecule has 112 valence electrons. The van der Waals surface area contributed by atoms with Gasteiger partial charge in [-0.15, -0.1) is 0 Å². The topological polar surface area (TPSA) is 67.8 Å². The summed E-state index contributed by atoms with van der Waals surface area (Å²) in [7, 11) is 3.17. The lowest BCUT2D eigenvalue weighted by atomic mass is 9.86. The molecule has 0 atom stereocenters. The molecule has 5 heteroatoms. The van der Waals surface area contributed by atoms with Crippen LogP contribution in [0.15, 0.2) is 41.6 Å². The second-order valence-electron chi connectivity index (χ2n) is 4.96. The van der Waals surface area contributed by atoms with Gasteiger partial charge in [-0.05, 0) is 35.3 Å². The van der Waals surface area contributed by atoms with Crippen molar-refractivity contribution in [2.75, 3.05) is 14.2 Å². The van der Waals surface area contributed by atoms with E-state index in [0.29, 0.717) is 19.3 Å². The monoisotopic (exact) mass is 289 g/mol. The van der Waals surface area contributed by atoms with Crippen LogP contribution in [0.25, 0.3) is 0 Å². The molecule has 2 N–H and O–H groups in total. The third kappa shape index (κ3) is 3.44. The molecule has 1 aromatic rings. The minimum Gasteiger partial charge on any atom is -0.497 e. The molecule has 5 nitrogen and oxygen atoms in total. The maximum atomic E-state index is 11.0. The van der Waals surface area contributed by atoms with Crippen molar-refractivity contribution in [2.24, 2.45) is 0 Å². The molecule has 0 bridgehead atoms. The fourth-order valence-electron chi connectivity index (χ4n) is 2.45. The Morgan fingerprint density at radius 1 is 1.33 bits per heavy atom. The van der Waals surface area contributed by atoms with E-state index in [1.165, 1.54) is 5.56 Å². The zero-order valence-electron chi connectivity index (χ0n) is 12.2. The van der Waals surface area contributed by atoms with Crippen molar-refractivity contribution < 1.29 is 19.5 Å². The number of carboxylic acids is 1. The Morgan fingerprint density at radius 3 is 2.71 bits per heavy atom. The molecule has 0 spiro atoms. The predicted octanol–water partition coefficient (Wildman–Crippen LogP) is 2.23. The van der Waals surface area contributed by atoms with Crippen LogP contribution in [0.3, 0.4) is 0 Å². The molecule has 0 aromatic heterocycles. The number of ether oxygens (including phenoxy) is 1. The van der Waals surface area contributed by atoms with Crippen LogP contribution < -0.4 is 10.2 Å². The molecule has 0 unspecified atom stereocenters. The molecule has 1 aliphatic carbocycles. The summed E-state index contributed by atoms with van der Waals surface area (Å²) in [4.78, 5) is 16.0. The van der Waals surface area contributed by atoms with E-state index in [9.17, 15) is 4.79 Å². The number of aliphatic carboxylic acids is 1. The number of benzene rings is 1. The molecule has 0 amide bonds. The lowest BCUT2D eigenvalue weighted by Crippen LogP contribution is -2.21. The zero-order valence-corrected chi connectivity index (χ0v) is 12.2. The number of nitrogens with one attached hydrogen (secondary N) is 1. The van der Waals surface area contributed by atoms with E-state index in [4.69, 9.17) is 14.7 Å². The number of allylic oxidation sites excluding steroid dienone is 2. The van der Waals surface area contributed by atoms with Gasteiger partial charge in [-0.1, -0.05) is 12.6 Å². The molecule has 0 saturated carbocycles. The van der Waals surface area contributed by atoms with Crippen molar-refractivity contribution in [3.63, 3.8) is 0 Å². The number of carboxylic acid groups (broad SMARTS) is 1. The largest absolute Gasteiger partial charge is 0.497 e. The summed E-state index contributed by atoms with van der Waals surface area (Å²) in [5.41, 5.74) is 7.24. The molecule has 1 aliphatic rings. The first-order valence-corrected chi connectivity index (χ1v) is 6.62. The highest BCUT2D eigenvalue weighted by molar-refractivity contribution is 5.86. The number of rotatable bonds is 6. The maximum Gasteiger partial charge on any atom is 0.331 e. The van der Waals surface area contributed by atoms with Crippen molar-refractivity contribution in [1.29, 1.82) is 0 Å². The Balaban J connectivity index is 2.29. The van der Waals surface area contributed by atoms with Crippen LogP contribution in [0, 0.1) is 0 Å². The predicted molar refractivity (Wildman–Crippen MR) is 79.0 cm³/mol. The molecule has 0 saturated heterocycles. The van der Waals surface area contributed by atoms with Gasteiger partial charge in [0.1, 0.15) is 5.75 Å². The van der Waals surface area contributed by atoms with Crippen molar-refractivity contribution in [1.82, 2.24) is 5.48 Å². The lowest BCUT2D eigenvalue weighted by Gasteiger charge is -2.24. The summed E-state index contributed by atoms with van der Waals surface area (Å²) < 4.78 is 5.24. The average molecular weight is 289 g/mol. The third-order valence-electron chi connectivity index (χ3n) is 3.57. The van der Waals surface area contributed by atoms with Gasteiger partial charge >= 0.3 is 5.97 Å². The lowest BCUT2D eigenvalue weighted by molar-refractivity contribution is -0.132. The highest BCUT2D eigenvalue weighted by Crippen LogP contribution is 2.30. The van der Waals surface area contributed by atoms with E-state index in [1.54, 1.807) is 14.2 Å². The van der Waals surface area contributed by atoms with Gasteiger partial charge in [0, 0.05) is 24.1 Å². The Hall–Kier alpha value is -2.27. The normalized spacial score (nSPS) is 13.6. The summed E-state index contributed by atoms with van der Waals surface area (Å²) in [5, 5.41) is 9.01. The first-order valence-electron chi connectivity index (χ1n) is 6.62. The minimum absolute atomic E-state index is 0.173. The molecular formula is C16H19NO4. The van der Waals surface area contributed by atoms with Crippen LogP contribution in [0.5, 0.6) is 5.75 Å². The van der Waals surface area contributed by atoms with Crippen LogP contribution in [0.1, 0.15) is 17.5 Å². The highest BCUT2D eigenvalue weighted by atomic mass is 16.6. The first kappa shape index (κ1) is 15.1. The number of carbonyl (C=O) groups is 1. The Bertz CT molecular complexity index is 604. The molecule has 0 heterocycles. The number of hydroxylamine groups is 1. The molecular weight excluding hydrogens is 270 g/mol. The summed E-state index contributed by atoms with van der Waals surface area (Å²) >= 11 is 0. The number of fused-ring (bicyclic) bond motifs is 1. The van der Waals surface area contributed by atoms with Gasteiger partial charge in [0.05, 0.1) is 14.2 Å². The van der Waals surface area contributed by atoms with Gasteiger partial charge in [-0.25, -0.2) is 4.79 Å². The van der Waals surface area contributed by atoms with Crippen LogP contribution >= 0.6 is 0 Å². The Kier molecular flexibility index (Phi) is 4.65. The van der Waals surface area contributed by atoms with Gasteiger partial charge in [-0.2, -0.15) is 0 Å². The second kappa shape index (κ2) is 6.45. The van der Waals surface area contributed by atoms with Crippen LogP contribution in [-0.2, 0) is 22.5 Å². The third-order valence-corrected chi connectivity index (χ3v) is 3.57. The molecule has 0 radical (unpaired) electrons. The number of methoxy groups -OCH3 is 1. The molecule has 2 rings (SSSR count). The van der Waals surface area contributed by atoms with Crippen molar-refractivity contribution in [3.8, 4) is 5.75 Å². The standard InChI is InChI=1S/C16H19NO4/c1-10(16(18)19)6-13-7-12-8-14(20-2)5-4-11(12)9-15(13)17-21-3/h4-5,8,17H,1,6-7,9H2,2-3H3,(H,18,19). The Labute approximate surface area is 123 Å². The van der Waals surface area contributed by atoms with E-state index in [-0.39, 0.29) is 5.57 Å². The van der Waals surface area contributed by atoms with Gasteiger partial charge < -0.3 is 9.84 Å². The first-order chi connectivity index (χ1) is 10.0. The van der Waals surface area contributed by atoms with Gasteiger partial charge in [0.2, 0.25) is 0 Å². The van der Waals surface area contributed by atoms with Crippen LogP contribution in [-0.4, -0.2) is 25.3 Å². The van der Waals surface area contributed by atoms with Crippen molar-refractivity contribution >= 4 is 5.97 Å². The van der Waals surface area contributed by atoms with Crippen molar-refractivity contribution in [2.45, 2.75) is 19.3 Å². The zero-order chi connectivity index (χ0) is 15.4. The smallest absolute Gasteiger partial charge is 0.331 e. The van der Waals surface area contributed by atoms with Crippen LogP contribution in [0.2, 0.25) is 0 Å².